The van der Waals surface area contributed by atoms with Crippen LogP contribution in [0.5, 0.6) is 5.75 Å². The Labute approximate surface area is 200 Å². The zero-order valence-corrected chi connectivity index (χ0v) is 21.0. The lowest BCUT2D eigenvalue weighted by atomic mass is 10.1. The second-order valence-corrected chi connectivity index (χ2v) is 8.12. The van der Waals surface area contributed by atoms with Crippen molar-refractivity contribution in [3.05, 3.63) is 51.2 Å². The third-order valence-corrected chi connectivity index (χ3v) is 6.02. The summed E-state index contributed by atoms with van der Waals surface area (Å²) in [6.07, 6.45) is 1.76. The minimum Gasteiger partial charge on any atom is -0.496 e. The van der Waals surface area contributed by atoms with Gasteiger partial charge in [-0.1, -0.05) is 17.7 Å². The van der Waals surface area contributed by atoms with Gasteiger partial charge in [-0.15, -0.1) is 35.3 Å². The molecule has 2 aromatic rings. The van der Waals surface area contributed by atoms with Crippen LogP contribution in [0.25, 0.3) is 0 Å². The van der Waals surface area contributed by atoms with Crippen molar-refractivity contribution in [3.63, 3.8) is 0 Å². The first-order chi connectivity index (χ1) is 14.1. The lowest BCUT2D eigenvalue weighted by molar-refractivity contribution is -0.130. The molecule has 6 nitrogen and oxygen atoms in total. The number of halogens is 1. The minimum absolute atomic E-state index is 0. The molecule has 0 fully saturated rings. The Morgan fingerprint density at radius 3 is 2.90 bits per heavy atom. The highest BCUT2D eigenvalue weighted by Gasteiger charge is 2.21. The topological polar surface area (TPSA) is 66.0 Å². The first kappa shape index (κ1) is 24.5. The zero-order valence-electron chi connectivity index (χ0n) is 17.9. The summed E-state index contributed by atoms with van der Waals surface area (Å²) in [5.74, 6) is 1.63. The molecule has 8 heteroatoms. The number of aliphatic imine (C=N–C) groups is 1. The highest BCUT2D eigenvalue weighted by Crippen LogP contribution is 2.24. The number of benzene rings is 1. The maximum atomic E-state index is 12.6. The van der Waals surface area contributed by atoms with E-state index in [0.29, 0.717) is 19.0 Å². The molecule has 0 radical (unpaired) electrons. The molecule has 3 rings (SSSR count). The summed E-state index contributed by atoms with van der Waals surface area (Å²) in [5.41, 5.74) is 3.64. The van der Waals surface area contributed by atoms with Crippen molar-refractivity contribution in [2.24, 2.45) is 4.99 Å². The van der Waals surface area contributed by atoms with Crippen LogP contribution in [0.15, 0.2) is 34.6 Å². The van der Waals surface area contributed by atoms with Gasteiger partial charge in [-0.05, 0) is 55.3 Å². The minimum atomic E-state index is 0. The van der Waals surface area contributed by atoms with E-state index in [0.717, 1.165) is 37.2 Å². The van der Waals surface area contributed by atoms with Gasteiger partial charge in [-0.3, -0.25) is 4.79 Å². The van der Waals surface area contributed by atoms with Crippen LogP contribution in [-0.2, 0) is 24.2 Å². The van der Waals surface area contributed by atoms with E-state index in [4.69, 9.17) is 4.74 Å². The molecule has 0 saturated carbocycles. The van der Waals surface area contributed by atoms with Gasteiger partial charge in [0.2, 0.25) is 5.91 Å². The van der Waals surface area contributed by atoms with E-state index in [-0.39, 0.29) is 36.4 Å². The number of fused-ring (bicyclic) bond motifs is 1. The molecule has 1 aliphatic rings. The molecular formula is C22H31IN4O2S. The van der Waals surface area contributed by atoms with Gasteiger partial charge in [0.1, 0.15) is 12.3 Å². The van der Waals surface area contributed by atoms with Crippen molar-refractivity contribution in [2.75, 3.05) is 33.3 Å². The van der Waals surface area contributed by atoms with E-state index in [1.807, 2.05) is 24.0 Å². The van der Waals surface area contributed by atoms with Gasteiger partial charge in [0.15, 0.2) is 5.96 Å². The number of rotatable bonds is 7. The van der Waals surface area contributed by atoms with Gasteiger partial charge in [0, 0.05) is 31.1 Å². The summed E-state index contributed by atoms with van der Waals surface area (Å²) in [5, 5.41) is 8.65. The molecule has 0 unspecified atom stereocenters. The summed E-state index contributed by atoms with van der Waals surface area (Å²) in [6.45, 7) is 7.18. The molecule has 2 heterocycles. The Bertz CT molecular complexity index is 869. The maximum absolute atomic E-state index is 12.6. The van der Waals surface area contributed by atoms with Crippen molar-refractivity contribution in [1.82, 2.24) is 15.5 Å². The highest BCUT2D eigenvalue weighted by atomic mass is 127. The number of nitrogens with one attached hydrogen (secondary N) is 2. The van der Waals surface area contributed by atoms with Gasteiger partial charge in [-0.25, -0.2) is 4.99 Å². The number of thiophene rings is 1. The van der Waals surface area contributed by atoms with E-state index < -0.39 is 0 Å². The molecule has 1 aromatic heterocycles. The zero-order chi connectivity index (χ0) is 20.6. The summed E-state index contributed by atoms with van der Waals surface area (Å²) >= 11 is 1.78. The van der Waals surface area contributed by atoms with Crippen LogP contribution < -0.4 is 15.4 Å². The first-order valence-corrected chi connectivity index (χ1v) is 11.0. The number of nitrogens with zero attached hydrogens (tertiary/aromatic N) is 2. The van der Waals surface area contributed by atoms with Crippen LogP contribution in [0.2, 0.25) is 0 Å². The lowest BCUT2D eigenvalue weighted by Gasteiger charge is -2.26. The number of aryl methyl sites for hydroxylation is 1. The van der Waals surface area contributed by atoms with E-state index in [2.05, 4.69) is 40.1 Å². The number of carbonyl (C=O) groups is 1. The summed E-state index contributed by atoms with van der Waals surface area (Å²) in [6, 6.07) is 8.31. The Morgan fingerprint density at radius 2 is 2.13 bits per heavy atom. The van der Waals surface area contributed by atoms with Crippen molar-refractivity contribution in [2.45, 2.75) is 33.2 Å². The van der Waals surface area contributed by atoms with E-state index in [9.17, 15) is 4.79 Å². The number of carbonyl (C=O) groups excluding carboxylic acids is 1. The van der Waals surface area contributed by atoms with Gasteiger partial charge in [0.25, 0.3) is 0 Å². The first-order valence-electron chi connectivity index (χ1n) is 10.1. The normalized spacial score (nSPS) is 13.3. The van der Waals surface area contributed by atoms with Crippen LogP contribution >= 0.6 is 35.3 Å². The Kier molecular flexibility index (Phi) is 9.90. The molecule has 0 aliphatic carbocycles. The summed E-state index contributed by atoms with van der Waals surface area (Å²) in [4.78, 5) is 20.4. The summed E-state index contributed by atoms with van der Waals surface area (Å²) in [7, 11) is 1.69. The number of hydrogen-bond donors (Lipinski definition) is 2. The molecular weight excluding hydrogens is 511 g/mol. The van der Waals surface area contributed by atoms with Crippen LogP contribution in [0.3, 0.4) is 0 Å². The van der Waals surface area contributed by atoms with Crippen LogP contribution in [0, 0.1) is 6.92 Å². The third kappa shape index (κ3) is 6.60. The standard InChI is InChI=1S/C22H30N4O2S.HI/c1-4-23-22(24-10-7-17-13-16(2)5-6-19(17)28-3)25-14-21(27)26-11-8-20-18(15-26)9-12-29-20;/h5-6,9,12-13H,4,7-8,10-11,14-15H2,1-3H3,(H2,23,24,25);1H. The smallest absolute Gasteiger partial charge is 0.244 e. The van der Waals surface area contributed by atoms with Crippen molar-refractivity contribution >= 4 is 47.2 Å². The van der Waals surface area contributed by atoms with Crippen molar-refractivity contribution in [1.29, 1.82) is 0 Å². The molecule has 1 aliphatic heterocycles. The third-order valence-electron chi connectivity index (χ3n) is 5.00. The van der Waals surface area contributed by atoms with Crippen LogP contribution in [0.4, 0.5) is 0 Å². The van der Waals surface area contributed by atoms with Crippen LogP contribution in [-0.4, -0.2) is 50.1 Å². The number of ether oxygens (including phenoxy) is 1. The molecule has 0 atom stereocenters. The van der Waals surface area contributed by atoms with Gasteiger partial charge in [0.05, 0.1) is 7.11 Å². The van der Waals surface area contributed by atoms with Gasteiger partial charge < -0.3 is 20.3 Å². The highest BCUT2D eigenvalue weighted by molar-refractivity contribution is 14.0. The average Bonchev–Trinajstić information content (AvgIpc) is 3.20. The van der Waals surface area contributed by atoms with Crippen molar-refractivity contribution < 1.29 is 9.53 Å². The molecule has 164 valence electrons. The second kappa shape index (κ2) is 12.1. The quantitative estimate of drug-likeness (QED) is 0.320. The SMILES string of the molecule is CCNC(=NCC(=O)N1CCc2sccc2C1)NCCc1cc(C)ccc1OC.I. The Hall–Kier alpha value is -1.81. The number of guanidine groups is 1. The van der Waals surface area contributed by atoms with Crippen molar-refractivity contribution in [3.8, 4) is 5.75 Å². The molecule has 0 bridgehead atoms. The number of amides is 1. The Morgan fingerprint density at radius 1 is 1.30 bits per heavy atom. The maximum Gasteiger partial charge on any atom is 0.244 e. The predicted molar refractivity (Wildman–Crippen MR) is 134 cm³/mol. The summed E-state index contributed by atoms with van der Waals surface area (Å²) < 4.78 is 5.45. The second-order valence-electron chi connectivity index (χ2n) is 7.12. The van der Waals surface area contributed by atoms with E-state index in [1.54, 1.807) is 18.4 Å². The molecule has 30 heavy (non-hydrogen) atoms. The number of methoxy groups -OCH3 is 1. The molecule has 0 saturated heterocycles. The monoisotopic (exact) mass is 542 g/mol. The Balaban J connectivity index is 0.00000320. The van der Waals surface area contributed by atoms with Gasteiger partial charge in [-0.2, -0.15) is 0 Å². The number of hydrogen-bond acceptors (Lipinski definition) is 4. The van der Waals surface area contributed by atoms with E-state index in [1.165, 1.54) is 16.0 Å². The van der Waals surface area contributed by atoms with Crippen LogP contribution in [0.1, 0.15) is 28.5 Å². The fourth-order valence-corrected chi connectivity index (χ4v) is 4.36. The predicted octanol–water partition coefficient (Wildman–Crippen LogP) is 3.37. The lowest BCUT2D eigenvalue weighted by Crippen LogP contribution is -2.41. The van der Waals surface area contributed by atoms with Gasteiger partial charge >= 0.3 is 0 Å². The fraction of sp³-hybridized carbons (Fsp3) is 0.455. The fourth-order valence-electron chi connectivity index (χ4n) is 3.47. The molecule has 0 spiro atoms. The molecule has 1 aromatic carbocycles. The molecule has 2 N–H and O–H groups in total. The largest absolute Gasteiger partial charge is 0.496 e. The average molecular weight is 542 g/mol. The van der Waals surface area contributed by atoms with E-state index >= 15 is 0 Å². The molecule has 1 amide bonds.